The van der Waals surface area contributed by atoms with Crippen LogP contribution in [0.15, 0.2) is 36.4 Å². The van der Waals surface area contributed by atoms with Gasteiger partial charge in [-0.15, -0.1) is 0 Å². The van der Waals surface area contributed by atoms with Crippen LogP contribution in [0, 0.1) is 18.7 Å². The Morgan fingerprint density at radius 1 is 1.42 bits per heavy atom. The minimum Gasteiger partial charge on any atom is -0.396 e. The summed E-state index contributed by atoms with van der Waals surface area (Å²) in [7, 11) is 0. The van der Waals surface area contributed by atoms with E-state index < -0.39 is 0 Å². The Kier molecular flexibility index (Phi) is 4.69. The SMILES string of the molecule is Cc1nn(-c2ccc(F)cc2)c(Cl)c1C(=O)N[C@@H]1C=C[C@H](CO)C1. The number of aliphatic hydroxyl groups excluding tert-OH is 1. The number of rotatable bonds is 4. The maximum absolute atomic E-state index is 13.1. The number of halogens is 2. The normalized spacial score (nSPS) is 19.7. The summed E-state index contributed by atoms with van der Waals surface area (Å²) >= 11 is 6.33. The molecule has 0 spiro atoms. The molecule has 1 heterocycles. The summed E-state index contributed by atoms with van der Waals surface area (Å²) in [4.78, 5) is 12.5. The highest BCUT2D eigenvalue weighted by molar-refractivity contribution is 6.33. The lowest BCUT2D eigenvalue weighted by Gasteiger charge is -2.12. The number of hydrogen-bond acceptors (Lipinski definition) is 3. The summed E-state index contributed by atoms with van der Waals surface area (Å²) in [5.74, 6) is -0.615. The lowest BCUT2D eigenvalue weighted by atomic mass is 10.1. The zero-order valence-electron chi connectivity index (χ0n) is 13.0. The van der Waals surface area contributed by atoms with Gasteiger partial charge in [0.15, 0.2) is 0 Å². The highest BCUT2D eigenvalue weighted by Crippen LogP contribution is 2.25. The summed E-state index contributed by atoms with van der Waals surface area (Å²) in [5.41, 5.74) is 1.36. The van der Waals surface area contributed by atoms with Gasteiger partial charge in [0.1, 0.15) is 11.0 Å². The van der Waals surface area contributed by atoms with E-state index in [1.165, 1.54) is 16.8 Å². The van der Waals surface area contributed by atoms with Crippen molar-refractivity contribution >= 4 is 17.5 Å². The molecule has 1 amide bonds. The van der Waals surface area contributed by atoms with E-state index in [1.54, 1.807) is 19.1 Å². The number of carbonyl (C=O) groups is 1. The zero-order valence-corrected chi connectivity index (χ0v) is 13.8. The minimum atomic E-state index is -0.358. The van der Waals surface area contributed by atoms with Gasteiger partial charge in [-0.25, -0.2) is 9.07 Å². The van der Waals surface area contributed by atoms with E-state index in [2.05, 4.69) is 10.4 Å². The monoisotopic (exact) mass is 349 g/mol. The molecule has 0 unspecified atom stereocenters. The maximum Gasteiger partial charge on any atom is 0.256 e. The molecule has 0 saturated carbocycles. The second-order valence-corrected chi connectivity index (χ2v) is 6.14. The molecule has 0 aliphatic heterocycles. The van der Waals surface area contributed by atoms with Gasteiger partial charge in [0.25, 0.3) is 5.91 Å². The van der Waals surface area contributed by atoms with Gasteiger partial charge in [-0.05, 0) is 37.6 Å². The summed E-state index contributed by atoms with van der Waals surface area (Å²) in [6.07, 6.45) is 4.42. The highest BCUT2D eigenvalue weighted by atomic mass is 35.5. The topological polar surface area (TPSA) is 67.2 Å². The van der Waals surface area contributed by atoms with E-state index >= 15 is 0 Å². The van der Waals surface area contributed by atoms with Crippen molar-refractivity contribution in [1.29, 1.82) is 0 Å². The summed E-state index contributed by atoms with van der Waals surface area (Å²) in [5, 5.41) is 16.5. The zero-order chi connectivity index (χ0) is 17.3. The molecule has 5 nitrogen and oxygen atoms in total. The third-order valence-corrected chi connectivity index (χ3v) is 4.37. The minimum absolute atomic E-state index is 0.0607. The van der Waals surface area contributed by atoms with Crippen LogP contribution < -0.4 is 5.32 Å². The molecule has 7 heteroatoms. The van der Waals surface area contributed by atoms with Gasteiger partial charge in [0.2, 0.25) is 0 Å². The molecular formula is C17H17ClFN3O2. The van der Waals surface area contributed by atoms with Crippen molar-refractivity contribution in [3.05, 3.63) is 58.6 Å². The smallest absolute Gasteiger partial charge is 0.256 e. The Morgan fingerprint density at radius 3 is 2.75 bits per heavy atom. The molecule has 1 aliphatic rings. The van der Waals surface area contributed by atoms with Crippen molar-refractivity contribution in [1.82, 2.24) is 15.1 Å². The molecular weight excluding hydrogens is 333 g/mol. The van der Waals surface area contributed by atoms with E-state index in [0.29, 0.717) is 23.4 Å². The molecule has 1 aromatic carbocycles. The van der Waals surface area contributed by atoms with Crippen molar-refractivity contribution in [2.45, 2.75) is 19.4 Å². The Hall–Kier alpha value is -2.18. The molecule has 1 aliphatic carbocycles. The van der Waals surface area contributed by atoms with Crippen LogP contribution in [0.5, 0.6) is 0 Å². The van der Waals surface area contributed by atoms with Gasteiger partial charge in [-0.3, -0.25) is 4.79 Å². The fourth-order valence-corrected chi connectivity index (χ4v) is 3.13. The molecule has 3 rings (SSSR count). The summed E-state index contributed by atoms with van der Waals surface area (Å²) in [6, 6.07) is 5.56. The molecule has 1 aromatic heterocycles. The molecule has 24 heavy (non-hydrogen) atoms. The van der Waals surface area contributed by atoms with Crippen LogP contribution in [-0.4, -0.2) is 33.4 Å². The van der Waals surface area contributed by atoms with Crippen LogP contribution in [0.3, 0.4) is 0 Å². The van der Waals surface area contributed by atoms with Crippen LogP contribution in [0.2, 0.25) is 5.15 Å². The molecule has 0 bridgehead atoms. The van der Waals surface area contributed by atoms with Gasteiger partial charge in [-0.2, -0.15) is 5.10 Å². The molecule has 2 aromatic rings. The Labute approximate surface area is 143 Å². The van der Waals surface area contributed by atoms with Crippen molar-refractivity contribution in [2.24, 2.45) is 5.92 Å². The average Bonchev–Trinajstić information content (AvgIpc) is 3.12. The first-order valence-corrected chi connectivity index (χ1v) is 7.98. The Morgan fingerprint density at radius 2 is 2.12 bits per heavy atom. The molecule has 0 fully saturated rings. The molecule has 126 valence electrons. The first-order chi connectivity index (χ1) is 11.5. The van der Waals surface area contributed by atoms with Crippen LogP contribution in [-0.2, 0) is 0 Å². The second-order valence-electron chi connectivity index (χ2n) is 5.78. The molecule has 2 N–H and O–H groups in total. The van der Waals surface area contributed by atoms with E-state index in [4.69, 9.17) is 16.7 Å². The number of nitrogens with one attached hydrogen (secondary N) is 1. The number of hydrogen-bond donors (Lipinski definition) is 2. The Balaban J connectivity index is 1.82. The van der Waals surface area contributed by atoms with Crippen LogP contribution >= 0.6 is 11.6 Å². The van der Waals surface area contributed by atoms with Gasteiger partial charge >= 0.3 is 0 Å². The lowest BCUT2D eigenvalue weighted by Crippen LogP contribution is -2.33. The van der Waals surface area contributed by atoms with Gasteiger partial charge in [-0.1, -0.05) is 23.8 Å². The molecule has 0 saturated heterocycles. The average molecular weight is 350 g/mol. The third-order valence-electron chi connectivity index (χ3n) is 4.03. The van der Waals surface area contributed by atoms with E-state index in [9.17, 15) is 9.18 Å². The van der Waals surface area contributed by atoms with Gasteiger partial charge < -0.3 is 10.4 Å². The van der Waals surface area contributed by atoms with Crippen molar-refractivity contribution < 1.29 is 14.3 Å². The first-order valence-electron chi connectivity index (χ1n) is 7.60. The quantitative estimate of drug-likeness (QED) is 0.834. The van der Waals surface area contributed by atoms with Crippen LogP contribution in [0.25, 0.3) is 5.69 Å². The number of nitrogens with zero attached hydrogens (tertiary/aromatic N) is 2. The van der Waals surface area contributed by atoms with Crippen molar-refractivity contribution in [3.8, 4) is 5.69 Å². The standard InChI is InChI=1S/C17H17ClFN3O2/c1-10-15(17(24)20-13-5-2-11(8-13)9-23)16(18)22(21-10)14-6-3-12(19)4-7-14/h2-7,11,13,23H,8-9H2,1H3,(H,20,24)/t11-,13+/m0/s1. The largest absolute Gasteiger partial charge is 0.396 e. The molecule has 0 radical (unpaired) electrons. The number of amides is 1. The number of aliphatic hydroxyl groups is 1. The maximum atomic E-state index is 13.1. The van der Waals surface area contributed by atoms with E-state index in [0.717, 1.165) is 0 Å². The van der Waals surface area contributed by atoms with Crippen LogP contribution in [0.1, 0.15) is 22.5 Å². The summed E-state index contributed by atoms with van der Waals surface area (Å²) in [6.45, 7) is 1.76. The second kappa shape index (κ2) is 6.75. The lowest BCUT2D eigenvalue weighted by molar-refractivity contribution is 0.0940. The van der Waals surface area contributed by atoms with Crippen molar-refractivity contribution in [3.63, 3.8) is 0 Å². The predicted octanol–water partition coefficient (Wildman–Crippen LogP) is 2.64. The van der Waals surface area contributed by atoms with Crippen LogP contribution in [0.4, 0.5) is 4.39 Å². The first kappa shape index (κ1) is 16.7. The van der Waals surface area contributed by atoms with E-state index in [-0.39, 0.29) is 35.4 Å². The number of aryl methyl sites for hydroxylation is 1. The highest BCUT2D eigenvalue weighted by Gasteiger charge is 2.25. The van der Waals surface area contributed by atoms with Gasteiger partial charge in [0, 0.05) is 18.6 Å². The summed E-state index contributed by atoms with van der Waals surface area (Å²) < 4.78 is 14.5. The predicted molar refractivity (Wildman–Crippen MR) is 88.9 cm³/mol. The number of aromatic nitrogens is 2. The fraction of sp³-hybridized carbons (Fsp3) is 0.294. The number of carbonyl (C=O) groups excluding carboxylic acids is 1. The van der Waals surface area contributed by atoms with Gasteiger partial charge in [0.05, 0.1) is 16.9 Å². The number of benzene rings is 1. The fourth-order valence-electron chi connectivity index (χ4n) is 2.77. The third kappa shape index (κ3) is 3.20. The molecule has 2 atom stereocenters. The van der Waals surface area contributed by atoms with E-state index in [1.807, 2.05) is 12.2 Å². The van der Waals surface area contributed by atoms with Crippen molar-refractivity contribution in [2.75, 3.05) is 6.61 Å². The Bertz CT molecular complexity index is 786.